The van der Waals surface area contributed by atoms with E-state index < -0.39 is 47.5 Å². The third kappa shape index (κ3) is 5.19. The Hall–Kier alpha value is -2.12. The Balaban J connectivity index is 1.75. The van der Waals surface area contributed by atoms with Gasteiger partial charge in [0.05, 0.1) is 23.7 Å². The lowest BCUT2D eigenvalue weighted by molar-refractivity contribution is -0.165. The molecule has 26 heavy (non-hydrogen) atoms. The van der Waals surface area contributed by atoms with E-state index in [0.717, 1.165) is 25.7 Å². The van der Waals surface area contributed by atoms with Crippen molar-refractivity contribution in [1.82, 2.24) is 0 Å². The normalized spacial score (nSPS) is 28.8. The van der Waals surface area contributed by atoms with Gasteiger partial charge < -0.3 is 19.7 Å². The van der Waals surface area contributed by atoms with Gasteiger partial charge in [-0.2, -0.15) is 0 Å². The van der Waals surface area contributed by atoms with E-state index in [1.807, 2.05) is 0 Å². The highest BCUT2D eigenvalue weighted by molar-refractivity contribution is 5.82. The second kappa shape index (κ2) is 9.54. The van der Waals surface area contributed by atoms with Crippen molar-refractivity contribution in [3.05, 3.63) is 0 Å². The topological polar surface area (TPSA) is 127 Å². The maximum atomic E-state index is 12.1. The fraction of sp³-hybridized carbons (Fsp3) is 0.778. The number of hydrogen-bond donors (Lipinski definition) is 2. The van der Waals surface area contributed by atoms with Gasteiger partial charge in [0, 0.05) is 0 Å². The molecule has 4 atom stereocenters. The lowest BCUT2D eigenvalue weighted by Gasteiger charge is -2.27. The summed E-state index contributed by atoms with van der Waals surface area (Å²) >= 11 is 0. The molecular weight excluding hydrogens is 344 g/mol. The first kappa shape index (κ1) is 20.2. The van der Waals surface area contributed by atoms with E-state index in [9.17, 15) is 29.4 Å². The molecule has 2 aliphatic rings. The molecule has 2 fully saturated rings. The zero-order valence-corrected chi connectivity index (χ0v) is 14.7. The number of carbonyl (C=O) groups is 4. The molecule has 2 rings (SSSR count). The van der Waals surface area contributed by atoms with Crippen molar-refractivity contribution in [3.8, 4) is 0 Å². The molecule has 2 aliphatic carbocycles. The summed E-state index contributed by atoms with van der Waals surface area (Å²) < 4.78 is 10.2. The van der Waals surface area contributed by atoms with Crippen LogP contribution < -0.4 is 0 Å². The van der Waals surface area contributed by atoms with Gasteiger partial charge in [0.2, 0.25) is 0 Å². The maximum Gasteiger partial charge on any atom is 0.309 e. The zero-order chi connectivity index (χ0) is 19.1. The van der Waals surface area contributed by atoms with Gasteiger partial charge in [-0.1, -0.05) is 25.7 Å². The van der Waals surface area contributed by atoms with E-state index in [0.29, 0.717) is 25.7 Å². The van der Waals surface area contributed by atoms with E-state index in [-0.39, 0.29) is 13.2 Å². The van der Waals surface area contributed by atoms with Gasteiger partial charge in [0.15, 0.2) is 0 Å². The largest absolute Gasteiger partial charge is 0.481 e. The minimum Gasteiger partial charge on any atom is -0.481 e. The lowest BCUT2D eigenvalue weighted by atomic mass is 9.79. The molecule has 0 amide bonds. The monoisotopic (exact) mass is 370 g/mol. The third-order valence-electron chi connectivity index (χ3n) is 5.34. The number of esters is 2. The minimum atomic E-state index is -0.991. The molecule has 8 nitrogen and oxygen atoms in total. The zero-order valence-electron chi connectivity index (χ0n) is 14.7. The molecule has 0 aromatic carbocycles. The summed E-state index contributed by atoms with van der Waals surface area (Å²) in [5, 5.41) is 18.4. The molecule has 0 bridgehead atoms. The SMILES string of the molecule is O=C(O)[C@H]1CCCC[C@H]1C(=O)OCCOC(=O)[C@H]1CCCC[C@H]1C(=O)O. The molecule has 8 heteroatoms. The summed E-state index contributed by atoms with van der Waals surface area (Å²) in [4.78, 5) is 46.6. The average Bonchev–Trinajstić information content (AvgIpc) is 2.64. The van der Waals surface area contributed by atoms with Gasteiger partial charge in [-0.15, -0.1) is 0 Å². The molecule has 2 saturated carbocycles. The molecule has 0 unspecified atom stereocenters. The lowest BCUT2D eigenvalue weighted by Crippen LogP contribution is -2.35. The quantitative estimate of drug-likeness (QED) is 0.513. The first-order valence-corrected chi connectivity index (χ1v) is 9.20. The van der Waals surface area contributed by atoms with Gasteiger partial charge in [0.25, 0.3) is 0 Å². The summed E-state index contributed by atoms with van der Waals surface area (Å²) in [6.45, 7) is -0.310. The van der Waals surface area contributed by atoms with Gasteiger partial charge in [-0.05, 0) is 25.7 Å². The predicted molar refractivity (Wildman–Crippen MR) is 88.1 cm³/mol. The fourth-order valence-corrected chi connectivity index (χ4v) is 3.92. The Morgan fingerprint density at radius 3 is 1.23 bits per heavy atom. The van der Waals surface area contributed by atoms with Crippen molar-refractivity contribution in [1.29, 1.82) is 0 Å². The van der Waals surface area contributed by atoms with Gasteiger partial charge >= 0.3 is 23.9 Å². The molecule has 0 spiro atoms. The Morgan fingerprint density at radius 2 is 0.923 bits per heavy atom. The molecule has 0 saturated heterocycles. The van der Waals surface area contributed by atoms with Crippen LogP contribution in [0.2, 0.25) is 0 Å². The molecule has 0 heterocycles. The van der Waals surface area contributed by atoms with Crippen molar-refractivity contribution < 1.29 is 38.9 Å². The average molecular weight is 370 g/mol. The van der Waals surface area contributed by atoms with Crippen LogP contribution in [0.15, 0.2) is 0 Å². The highest BCUT2D eigenvalue weighted by atomic mass is 16.6. The predicted octanol–water partition coefficient (Wildman–Crippen LogP) is 1.85. The molecule has 2 N–H and O–H groups in total. The molecular formula is C18H26O8. The van der Waals surface area contributed by atoms with E-state index in [4.69, 9.17) is 9.47 Å². The van der Waals surface area contributed by atoms with Crippen molar-refractivity contribution in [3.63, 3.8) is 0 Å². The molecule has 0 radical (unpaired) electrons. The summed E-state index contributed by atoms with van der Waals surface area (Å²) in [5.74, 6) is -5.90. The smallest absolute Gasteiger partial charge is 0.309 e. The van der Waals surface area contributed by atoms with Crippen LogP contribution in [-0.2, 0) is 28.7 Å². The number of carbonyl (C=O) groups excluding carboxylic acids is 2. The Kier molecular flexibility index (Phi) is 7.41. The van der Waals surface area contributed by atoms with Crippen LogP contribution in [0.1, 0.15) is 51.4 Å². The van der Waals surface area contributed by atoms with E-state index in [1.165, 1.54) is 0 Å². The van der Waals surface area contributed by atoms with Gasteiger partial charge in [-0.25, -0.2) is 0 Å². The first-order chi connectivity index (χ1) is 12.4. The fourth-order valence-electron chi connectivity index (χ4n) is 3.92. The number of ether oxygens (including phenoxy) is 2. The molecule has 0 aromatic heterocycles. The minimum absolute atomic E-state index is 0.155. The third-order valence-corrected chi connectivity index (χ3v) is 5.34. The second-order valence-corrected chi connectivity index (χ2v) is 7.01. The number of carboxylic acids is 2. The van der Waals surface area contributed by atoms with E-state index >= 15 is 0 Å². The summed E-state index contributed by atoms with van der Waals surface area (Å²) in [5.41, 5.74) is 0. The van der Waals surface area contributed by atoms with Gasteiger partial charge in [-0.3, -0.25) is 19.2 Å². The van der Waals surface area contributed by atoms with Crippen molar-refractivity contribution in [2.24, 2.45) is 23.7 Å². The Morgan fingerprint density at radius 1 is 0.615 bits per heavy atom. The van der Waals surface area contributed by atoms with Gasteiger partial charge in [0.1, 0.15) is 13.2 Å². The number of carboxylic acid groups (broad SMARTS) is 2. The second-order valence-electron chi connectivity index (χ2n) is 7.01. The summed E-state index contributed by atoms with van der Waals surface area (Å²) in [7, 11) is 0. The van der Waals surface area contributed by atoms with Crippen LogP contribution in [0.5, 0.6) is 0 Å². The molecule has 0 aromatic rings. The summed E-state index contributed by atoms with van der Waals surface area (Å²) in [6.07, 6.45) is 5.03. The van der Waals surface area contributed by atoms with Crippen molar-refractivity contribution >= 4 is 23.9 Å². The Bertz CT molecular complexity index is 495. The van der Waals surface area contributed by atoms with E-state index in [1.54, 1.807) is 0 Å². The Labute approximate surface area is 151 Å². The molecule has 0 aliphatic heterocycles. The maximum absolute atomic E-state index is 12.1. The molecule has 146 valence electrons. The van der Waals surface area contributed by atoms with Crippen LogP contribution in [0, 0.1) is 23.7 Å². The number of hydrogen-bond acceptors (Lipinski definition) is 6. The van der Waals surface area contributed by atoms with Crippen molar-refractivity contribution in [2.45, 2.75) is 51.4 Å². The summed E-state index contributed by atoms with van der Waals surface area (Å²) in [6, 6.07) is 0. The van der Waals surface area contributed by atoms with Crippen LogP contribution >= 0.6 is 0 Å². The highest BCUT2D eigenvalue weighted by Crippen LogP contribution is 2.32. The first-order valence-electron chi connectivity index (χ1n) is 9.20. The van der Waals surface area contributed by atoms with Crippen LogP contribution in [-0.4, -0.2) is 47.3 Å². The van der Waals surface area contributed by atoms with Crippen LogP contribution in [0.4, 0.5) is 0 Å². The number of rotatable bonds is 7. The van der Waals surface area contributed by atoms with E-state index in [2.05, 4.69) is 0 Å². The van der Waals surface area contributed by atoms with Crippen molar-refractivity contribution in [2.75, 3.05) is 13.2 Å². The standard InChI is InChI=1S/C18H26O8/c19-15(20)11-5-1-3-7-13(11)17(23)25-9-10-26-18(24)14-8-4-2-6-12(14)16(21)22/h11-14H,1-10H2,(H,19,20)(H,21,22)/t11-,12+,13+,14-. The van der Waals surface area contributed by atoms with Crippen LogP contribution in [0.3, 0.4) is 0 Å². The highest BCUT2D eigenvalue weighted by Gasteiger charge is 2.38. The van der Waals surface area contributed by atoms with Crippen LogP contribution in [0.25, 0.3) is 0 Å². The number of aliphatic carboxylic acids is 2.